The van der Waals surface area contributed by atoms with Crippen LogP contribution in [0.15, 0.2) is 48.5 Å². The number of alkyl carbamates (subject to hydrolysis) is 1. The van der Waals surface area contributed by atoms with E-state index in [0.29, 0.717) is 19.5 Å². The summed E-state index contributed by atoms with van der Waals surface area (Å²) in [5, 5.41) is 12.3. The van der Waals surface area contributed by atoms with Crippen LogP contribution in [0.2, 0.25) is 0 Å². The fraction of sp³-hybridized carbons (Fsp3) is 0.464. The highest BCUT2D eigenvalue weighted by atomic mass is 16.5. The molecule has 2 aromatic carbocycles. The molecule has 186 valence electrons. The zero-order chi connectivity index (χ0) is 24.9. The van der Waals surface area contributed by atoms with Gasteiger partial charge in [0.05, 0.1) is 0 Å². The van der Waals surface area contributed by atoms with Crippen LogP contribution in [0.25, 0.3) is 11.1 Å². The maximum Gasteiger partial charge on any atom is 0.407 e. The van der Waals surface area contributed by atoms with Crippen molar-refractivity contribution in [1.82, 2.24) is 10.2 Å². The number of fused-ring (bicyclic) bond motifs is 3. The first-order valence-corrected chi connectivity index (χ1v) is 12.5. The Balaban J connectivity index is 1.32. The van der Waals surface area contributed by atoms with E-state index in [-0.39, 0.29) is 36.7 Å². The van der Waals surface area contributed by atoms with E-state index in [4.69, 9.17) is 4.74 Å². The number of hydrogen-bond donors (Lipinski definition) is 2. The minimum Gasteiger partial charge on any atom is -0.480 e. The zero-order valence-corrected chi connectivity index (χ0v) is 20.4. The number of aliphatic carboxylic acids is 1. The monoisotopic (exact) mass is 478 g/mol. The average Bonchev–Trinajstić information content (AvgIpc) is 3.18. The normalized spacial score (nSPS) is 18.0. The van der Waals surface area contributed by atoms with E-state index in [2.05, 4.69) is 29.6 Å². The first kappa shape index (κ1) is 24.8. The lowest BCUT2D eigenvalue weighted by Gasteiger charge is -2.34. The van der Waals surface area contributed by atoms with E-state index in [1.807, 2.05) is 38.1 Å². The molecule has 0 saturated carbocycles. The molecule has 2 atom stereocenters. The van der Waals surface area contributed by atoms with E-state index in [1.54, 1.807) is 0 Å². The number of nitrogens with zero attached hydrogens (tertiary/aromatic N) is 1. The number of amides is 2. The Labute approximate surface area is 206 Å². The molecule has 4 rings (SSSR count). The fourth-order valence-electron chi connectivity index (χ4n) is 5.24. The van der Waals surface area contributed by atoms with Crippen LogP contribution >= 0.6 is 0 Å². The number of rotatable bonds is 8. The Morgan fingerprint density at radius 3 is 2.26 bits per heavy atom. The lowest BCUT2D eigenvalue weighted by Crippen LogP contribution is -2.49. The fourth-order valence-corrected chi connectivity index (χ4v) is 5.24. The van der Waals surface area contributed by atoms with Gasteiger partial charge in [0.25, 0.3) is 0 Å². The molecule has 2 amide bonds. The number of nitrogens with one attached hydrogen (secondary N) is 1. The molecule has 1 unspecified atom stereocenters. The van der Waals surface area contributed by atoms with Gasteiger partial charge in [0.2, 0.25) is 5.91 Å². The van der Waals surface area contributed by atoms with Gasteiger partial charge in [-0.3, -0.25) is 4.79 Å². The summed E-state index contributed by atoms with van der Waals surface area (Å²) in [4.78, 5) is 38.6. The van der Waals surface area contributed by atoms with Crippen LogP contribution in [-0.4, -0.2) is 53.7 Å². The molecule has 2 N–H and O–H groups in total. The number of piperidine rings is 1. The number of hydrogen-bond acceptors (Lipinski definition) is 4. The van der Waals surface area contributed by atoms with Gasteiger partial charge in [0.15, 0.2) is 0 Å². The van der Waals surface area contributed by atoms with Gasteiger partial charge in [-0.1, -0.05) is 62.4 Å². The van der Waals surface area contributed by atoms with Gasteiger partial charge in [-0.05, 0) is 53.4 Å². The van der Waals surface area contributed by atoms with Crippen molar-refractivity contribution < 1.29 is 24.2 Å². The van der Waals surface area contributed by atoms with Gasteiger partial charge in [0, 0.05) is 25.4 Å². The number of likely N-dealkylation sites (tertiary alicyclic amines) is 1. The number of carbonyl (C=O) groups excluding carboxylic acids is 2. The second kappa shape index (κ2) is 10.9. The minimum absolute atomic E-state index is 0.0114. The Morgan fingerprint density at radius 2 is 1.66 bits per heavy atom. The summed E-state index contributed by atoms with van der Waals surface area (Å²) >= 11 is 0. The predicted molar refractivity (Wildman–Crippen MR) is 133 cm³/mol. The van der Waals surface area contributed by atoms with Crippen LogP contribution in [-0.2, 0) is 14.3 Å². The highest BCUT2D eigenvalue weighted by Gasteiger charge is 2.33. The third-order valence-corrected chi connectivity index (χ3v) is 7.34. The number of carbonyl (C=O) groups is 3. The van der Waals surface area contributed by atoms with Crippen molar-refractivity contribution in [3.63, 3.8) is 0 Å². The van der Waals surface area contributed by atoms with Crippen LogP contribution in [0.5, 0.6) is 0 Å². The summed E-state index contributed by atoms with van der Waals surface area (Å²) in [5.41, 5.74) is 4.66. The topological polar surface area (TPSA) is 95.9 Å². The molecular formula is C28H34N2O5. The summed E-state index contributed by atoms with van der Waals surface area (Å²) in [5.74, 6) is -1.09. The van der Waals surface area contributed by atoms with Gasteiger partial charge >= 0.3 is 12.1 Å². The highest BCUT2D eigenvalue weighted by Crippen LogP contribution is 2.44. The average molecular weight is 479 g/mol. The number of ether oxygens (including phenoxy) is 1. The van der Waals surface area contributed by atoms with Crippen molar-refractivity contribution in [3.05, 3.63) is 59.7 Å². The molecule has 35 heavy (non-hydrogen) atoms. The second-order valence-corrected chi connectivity index (χ2v) is 9.85. The molecule has 0 bridgehead atoms. The quantitative estimate of drug-likeness (QED) is 0.576. The van der Waals surface area contributed by atoms with Gasteiger partial charge in [-0.25, -0.2) is 9.59 Å². The Hall–Kier alpha value is -3.35. The van der Waals surface area contributed by atoms with Gasteiger partial charge in [-0.15, -0.1) is 0 Å². The summed E-state index contributed by atoms with van der Waals surface area (Å²) in [6.07, 6.45) is 1.82. The lowest BCUT2D eigenvalue weighted by molar-refractivity contribution is -0.152. The molecule has 0 spiro atoms. The van der Waals surface area contributed by atoms with Crippen molar-refractivity contribution in [1.29, 1.82) is 0 Å². The smallest absolute Gasteiger partial charge is 0.407 e. The van der Waals surface area contributed by atoms with Gasteiger partial charge in [-0.2, -0.15) is 0 Å². The summed E-state index contributed by atoms with van der Waals surface area (Å²) in [6, 6.07) is 15.6. The van der Waals surface area contributed by atoms with Gasteiger partial charge < -0.3 is 20.1 Å². The summed E-state index contributed by atoms with van der Waals surface area (Å²) in [7, 11) is 0. The third kappa shape index (κ3) is 5.50. The van der Waals surface area contributed by atoms with Crippen LogP contribution in [0.3, 0.4) is 0 Å². The molecule has 2 aromatic rings. The summed E-state index contributed by atoms with van der Waals surface area (Å²) in [6.45, 7) is 5.01. The highest BCUT2D eigenvalue weighted by molar-refractivity contribution is 5.84. The Kier molecular flexibility index (Phi) is 7.73. The van der Waals surface area contributed by atoms with Crippen LogP contribution in [0.1, 0.15) is 56.6 Å². The standard InChI is InChI=1S/C28H34N2O5/c1-18(2)19(15-26(31)30-14-8-7-13-25(30)27(32)33)16-29-28(34)35-17-24-22-11-5-3-9-20(22)21-10-4-6-12-23(21)24/h3-6,9-12,18-19,24-25H,7-8,13-17H2,1-2H3,(H,29,34)(H,32,33)/t19?,25-/m0/s1. The molecule has 1 aliphatic heterocycles. The number of carboxylic acid groups (broad SMARTS) is 1. The van der Waals surface area contributed by atoms with E-state index >= 15 is 0 Å². The molecule has 0 aromatic heterocycles. The molecule has 7 heteroatoms. The van der Waals surface area contributed by atoms with E-state index < -0.39 is 18.1 Å². The van der Waals surface area contributed by atoms with E-state index in [0.717, 1.165) is 24.0 Å². The maximum absolute atomic E-state index is 12.9. The van der Waals surface area contributed by atoms with Crippen LogP contribution in [0.4, 0.5) is 4.79 Å². The molecule has 0 radical (unpaired) electrons. The lowest BCUT2D eigenvalue weighted by atomic mass is 9.91. The predicted octanol–water partition coefficient (Wildman–Crippen LogP) is 4.65. The maximum atomic E-state index is 12.9. The Bertz CT molecular complexity index is 1040. The molecule has 7 nitrogen and oxygen atoms in total. The number of benzene rings is 2. The van der Waals surface area contributed by atoms with Crippen molar-refractivity contribution >= 4 is 18.0 Å². The van der Waals surface area contributed by atoms with Gasteiger partial charge in [0.1, 0.15) is 12.6 Å². The first-order chi connectivity index (χ1) is 16.9. The third-order valence-electron chi connectivity index (χ3n) is 7.34. The van der Waals surface area contributed by atoms with Crippen molar-refractivity contribution in [2.24, 2.45) is 11.8 Å². The molecule has 1 saturated heterocycles. The van der Waals surface area contributed by atoms with E-state index in [1.165, 1.54) is 16.0 Å². The van der Waals surface area contributed by atoms with Crippen LogP contribution < -0.4 is 5.32 Å². The van der Waals surface area contributed by atoms with Crippen molar-refractivity contribution in [3.8, 4) is 11.1 Å². The molecular weight excluding hydrogens is 444 g/mol. The molecule has 1 aliphatic carbocycles. The van der Waals surface area contributed by atoms with Crippen molar-refractivity contribution in [2.75, 3.05) is 19.7 Å². The molecule has 2 aliphatic rings. The summed E-state index contributed by atoms with van der Waals surface area (Å²) < 4.78 is 5.62. The molecule has 1 fully saturated rings. The molecule has 1 heterocycles. The Morgan fingerprint density at radius 1 is 1.03 bits per heavy atom. The second-order valence-electron chi connectivity index (χ2n) is 9.85. The van der Waals surface area contributed by atoms with Crippen molar-refractivity contribution in [2.45, 2.75) is 51.5 Å². The zero-order valence-electron chi connectivity index (χ0n) is 20.4. The number of carboxylic acids is 1. The first-order valence-electron chi connectivity index (χ1n) is 12.5. The van der Waals surface area contributed by atoms with E-state index in [9.17, 15) is 19.5 Å². The van der Waals surface area contributed by atoms with Crippen LogP contribution in [0, 0.1) is 11.8 Å². The SMILES string of the molecule is CC(C)C(CNC(=O)OCC1c2ccccc2-c2ccccc21)CC(=O)N1CCCC[C@H]1C(=O)O. The largest absolute Gasteiger partial charge is 0.480 e. The minimum atomic E-state index is -0.948.